The summed E-state index contributed by atoms with van der Waals surface area (Å²) in [4.78, 5) is 31.9. The standard InChI is InChI=1S/C32H30FIN4O6S/c1-35-31(39)28-23-15-22(25(37(2)45(3,41)42)16-27(23)43-30(28)18-9-11-21(33)12-10-18)20-7-5-13-38(17-20)32(40)24-14-19-6-4-8-26(44-34)29(19)36-24/h4,6,8-12,14-16,20,36H,5,7,13,17H2,1-3H3,(H,35,39)/t20-/m0/s1. The van der Waals surface area contributed by atoms with Crippen LogP contribution in [-0.4, -0.2) is 63.6 Å². The zero-order chi connectivity index (χ0) is 32.0. The monoisotopic (exact) mass is 744 g/mol. The fourth-order valence-corrected chi connectivity index (χ4v) is 6.86. The van der Waals surface area contributed by atoms with Crippen LogP contribution in [0, 0.1) is 5.82 Å². The average Bonchev–Trinajstić information content (AvgIpc) is 3.65. The van der Waals surface area contributed by atoms with Crippen LogP contribution in [-0.2, 0) is 10.0 Å². The van der Waals surface area contributed by atoms with Gasteiger partial charge in [0.05, 0.1) is 23.0 Å². The third-order valence-corrected chi connectivity index (χ3v) is 9.98. The number of hydrogen-bond donors (Lipinski definition) is 2. The summed E-state index contributed by atoms with van der Waals surface area (Å²) in [5.41, 5.74) is 3.26. The number of carbonyl (C=O) groups is 2. The molecule has 234 valence electrons. The number of benzene rings is 3. The van der Waals surface area contributed by atoms with Gasteiger partial charge in [0.15, 0.2) is 28.8 Å². The maximum absolute atomic E-state index is 13.8. The van der Waals surface area contributed by atoms with E-state index in [1.54, 1.807) is 46.1 Å². The molecule has 1 saturated heterocycles. The van der Waals surface area contributed by atoms with Gasteiger partial charge in [-0.05, 0) is 60.9 Å². The fourth-order valence-electron chi connectivity index (χ4n) is 5.98. The second-order valence-electron chi connectivity index (χ2n) is 11.1. The highest BCUT2D eigenvalue weighted by atomic mass is 127. The largest absolute Gasteiger partial charge is 0.455 e. The molecule has 6 rings (SSSR count). The summed E-state index contributed by atoms with van der Waals surface area (Å²) in [6.07, 6.45) is 2.49. The molecule has 10 nitrogen and oxygen atoms in total. The van der Waals surface area contributed by atoms with Gasteiger partial charge in [0.2, 0.25) is 10.0 Å². The highest BCUT2D eigenvalue weighted by Crippen LogP contribution is 2.42. The van der Waals surface area contributed by atoms with E-state index in [-0.39, 0.29) is 23.1 Å². The molecule has 0 radical (unpaired) electrons. The predicted octanol–water partition coefficient (Wildman–Crippen LogP) is 6.22. The number of furan rings is 1. The number of fused-ring (bicyclic) bond motifs is 2. The normalized spacial score (nSPS) is 15.4. The lowest BCUT2D eigenvalue weighted by Crippen LogP contribution is -2.39. The van der Waals surface area contributed by atoms with E-state index in [9.17, 15) is 22.4 Å². The number of sulfonamides is 1. The molecular weight excluding hydrogens is 714 g/mol. The summed E-state index contributed by atoms with van der Waals surface area (Å²) in [6, 6.07) is 16.4. The number of aromatic nitrogens is 1. The summed E-state index contributed by atoms with van der Waals surface area (Å²) in [6.45, 7) is 0.863. The maximum atomic E-state index is 13.8. The van der Waals surface area contributed by atoms with Crippen LogP contribution < -0.4 is 12.7 Å². The number of likely N-dealkylation sites (tertiary alicyclic amines) is 1. The van der Waals surface area contributed by atoms with Gasteiger partial charge in [-0.2, -0.15) is 0 Å². The number of aromatic amines is 1. The molecule has 3 heterocycles. The van der Waals surface area contributed by atoms with E-state index in [0.29, 0.717) is 65.2 Å². The number of nitrogens with zero attached hydrogens (tertiary/aromatic N) is 2. The minimum absolute atomic E-state index is 0.178. The van der Waals surface area contributed by atoms with Crippen molar-refractivity contribution in [2.24, 2.45) is 0 Å². The molecule has 1 fully saturated rings. The number of halogens is 2. The first-order valence-corrected chi connectivity index (χ1v) is 16.9. The molecule has 13 heteroatoms. The number of nitrogens with one attached hydrogen (secondary N) is 2. The third-order valence-electron chi connectivity index (χ3n) is 8.31. The van der Waals surface area contributed by atoms with Crippen molar-refractivity contribution >= 4 is 72.4 Å². The Morgan fingerprint density at radius 2 is 1.91 bits per heavy atom. The molecule has 2 amide bonds. The van der Waals surface area contributed by atoms with Gasteiger partial charge in [0.1, 0.15) is 22.9 Å². The Morgan fingerprint density at radius 1 is 1.16 bits per heavy atom. The van der Waals surface area contributed by atoms with Crippen LogP contribution in [0.4, 0.5) is 10.1 Å². The van der Waals surface area contributed by atoms with Crippen LogP contribution in [0.15, 0.2) is 65.1 Å². The van der Waals surface area contributed by atoms with E-state index in [0.717, 1.165) is 17.2 Å². The van der Waals surface area contributed by atoms with Gasteiger partial charge in [-0.25, -0.2) is 12.8 Å². The first kappa shape index (κ1) is 30.9. The SMILES string of the molecule is CNC(=O)c1c(-c2ccc(F)cc2)oc2cc(N(C)S(C)(=O)=O)c([C@H]3CCCN(C(=O)c4cc5cccc(OI)c5[nH]4)C3)cc12. The van der Waals surface area contributed by atoms with E-state index < -0.39 is 21.7 Å². The van der Waals surface area contributed by atoms with Gasteiger partial charge in [-0.3, -0.25) is 13.9 Å². The summed E-state index contributed by atoms with van der Waals surface area (Å²) in [5, 5.41) is 3.99. The van der Waals surface area contributed by atoms with Gasteiger partial charge in [-0.15, -0.1) is 0 Å². The molecule has 3 aromatic carbocycles. The van der Waals surface area contributed by atoms with E-state index >= 15 is 0 Å². The zero-order valence-corrected chi connectivity index (χ0v) is 27.7. The number of para-hydroxylation sites is 1. The minimum atomic E-state index is -3.69. The number of carbonyl (C=O) groups excluding carboxylic acids is 2. The lowest BCUT2D eigenvalue weighted by Gasteiger charge is -2.34. The highest BCUT2D eigenvalue weighted by molar-refractivity contribution is 14.1. The van der Waals surface area contributed by atoms with Crippen molar-refractivity contribution in [1.82, 2.24) is 15.2 Å². The van der Waals surface area contributed by atoms with Crippen molar-refractivity contribution < 1.29 is 29.9 Å². The van der Waals surface area contributed by atoms with Crippen molar-refractivity contribution in [3.8, 4) is 17.1 Å². The van der Waals surface area contributed by atoms with Crippen LogP contribution in [0.25, 0.3) is 33.2 Å². The number of piperidine rings is 1. The maximum Gasteiger partial charge on any atom is 0.270 e. The Bertz CT molecular complexity index is 2060. The van der Waals surface area contributed by atoms with E-state index in [2.05, 4.69) is 10.3 Å². The van der Waals surface area contributed by atoms with Crippen LogP contribution >= 0.6 is 23.0 Å². The van der Waals surface area contributed by atoms with Gasteiger partial charge in [0.25, 0.3) is 11.8 Å². The van der Waals surface area contributed by atoms with Gasteiger partial charge in [-0.1, -0.05) is 12.1 Å². The zero-order valence-electron chi connectivity index (χ0n) is 24.7. The van der Waals surface area contributed by atoms with Crippen molar-refractivity contribution in [1.29, 1.82) is 0 Å². The number of H-pyrrole nitrogens is 1. The average molecular weight is 745 g/mol. The van der Waals surface area contributed by atoms with E-state index in [4.69, 9.17) is 7.48 Å². The van der Waals surface area contributed by atoms with Crippen LogP contribution in [0.3, 0.4) is 0 Å². The minimum Gasteiger partial charge on any atom is -0.455 e. The molecule has 2 aromatic heterocycles. The van der Waals surface area contributed by atoms with Crippen LogP contribution in [0.1, 0.15) is 45.2 Å². The molecule has 0 saturated carbocycles. The summed E-state index contributed by atoms with van der Waals surface area (Å²) < 4.78 is 52.1. The molecule has 1 aliphatic heterocycles. The van der Waals surface area contributed by atoms with E-state index in [1.165, 1.54) is 42.7 Å². The Balaban J connectivity index is 1.45. The number of anilines is 1. The van der Waals surface area contributed by atoms with Crippen LogP contribution in [0.5, 0.6) is 5.75 Å². The Labute approximate surface area is 273 Å². The van der Waals surface area contributed by atoms with Crippen molar-refractivity contribution in [2.75, 3.05) is 37.7 Å². The summed E-state index contributed by atoms with van der Waals surface area (Å²) >= 11 is 1.81. The molecule has 0 aliphatic carbocycles. The molecule has 0 bridgehead atoms. The molecule has 1 aliphatic rings. The smallest absolute Gasteiger partial charge is 0.270 e. The van der Waals surface area contributed by atoms with Gasteiger partial charge >= 0.3 is 0 Å². The molecular formula is C32H30FIN4O6S. The van der Waals surface area contributed by atoms with Crippen molar-refractivity contribution in [3.63, 3.8) is 0 Å². The molecule has 1 atom stereocenters. The second kappa shape index (κ2) is 12.0. The Kier molecular flexibility index (Phi) is 8.24. The van der Waals surface area contributed by atoms with Gasteiger partial charge in [0, 0.05) is 55.5 Å². The topological polar surface area (TPSA) is 125 Å². The molecule has 5 aromatic rings. The lowest BCUT2D eigenvalue weighted by atomic mass is 9.88. The highest BCUT2D eigenvalue weighted by Gasteiger charge is 2.32. The summed E-state index contributed by atoms with van der Waals surface area (Å²) in [7, 11) is -0.718. The number of hydrogen-bond acceptors (Lipinski definition) is 6. The molecule has 0 unspecified atom stereocenters. The number of rotatable bonds is 7. The Hall–Kier alpha value is -4.11. The lowest BCUT2D eigenvalue weighted by molar-refractivity contribution is 0.0702. The second-order valence-corrected chi connectivity index (χ2v) is 13.6. The fraction of sp³-hybridized carbons (Fsp3) is 0.250. The van der Waals surface area contributed by atoms with Crippen molar-refractivity contribution in [3.05, 3.63) is 83.3 Å². The third kappa shape index (κ3) is 5.74. The van der Waals surface area contributed by atoms with E-state index in [1.807, 2.05) is 18.2 Å². The van der Waals surface area contributed by atoms with Crippen LogP contribution in [0.2, 0.25) is 0 Å². The quantitative estimate of drug-likeness (QED) is 0.191. The first-order chi connectivity index (χ1) is 21.5. The summed E-state index contributed by atoms with van der Waals surface area (Å²) in [5.74, 6) is -0.398. The number of amides is 2. The molecule has 0 spiro atoms. The molecule has 2 N–H and O–H groups in total. The van der Waals surface area contributed by atoms with Crippen molar-refractivity contribution in [2.45, 2.75) is 18.8 Å². The Morgan fingerprint density at radius 3 is 2.60 bits per heavy atom. The molecule has 45 heavy (non-hydrogen) atoms. The van der Waals surface area contributed by atoms with Gasteiger partial charge < -0.3 is 22.7 Å². The predicted molar refractivity (Wildman–Crippen MR) is 179 cm³/mol. The first-order valence-electron chi connectivity index (χ1n) is 14.2.